The van der Waals surface area contributed by atoms with Gasteiger partial charge in [-0.3, -0.25) is 14.9 Å². The van der Waals surface area contributed by atoms with E-state index >= 15 is 0 Å². The van der Waals surface area contributed by atoms with Crippen LogP contribution in [-0.4, -0.2) is 44.1 Å². The summed E-state index contributed by atoms with van der Waals surface area (Å²) in [5.74, 6) is 1.40. The van der Waals surface area contributed by atoms with Gasteiger partial charge in [0.25, 0.3) is 5.91 Å². The summed E-state index contributed by atoms with van der Waals surface area (Å²) in [6.45, 7) is 5.32. The number of aryl methyl sites for hydroxylation is 2. The number of nitrogens with zero attached hydrogens (tertiary/aromatic N) is 4. The molecule has 1 aliphatic rings. The van der Waals surface area contributed by atoms with Crippen LogP contribution >= 0.6 is 0 Å². The van der Waals surface area contributed by atoms with Crippen molar-refractivity contribution in [3.63, 3.8) is 0 Å². The first-order valence-corrected chi connectivity index (χ1v) is 8.86. The maximum atomic E-state index is 13.0. The fourth-order valence-corrected chi connectivity index (χ4v) is 3.61. The molecule has 0 saturated carbocycles. The van der Waals surface area contributed by atoms with Crippen LogP contribution in [0.1, 0.15) is 46.2 Å². The molecule has 0 atom stereocenters. The number of carbonyl (C=O) groups excluding carboxylic acids is 1. The number of aromatic amines is 1. The number of hydrogen-bond acceptors (Lipinski definition) is 5. The fraction of sp³-hybridized carbons (Fsp3) is 0.368. The zero-order valence-corrected chi connectivity index (χ0v) is 15.0. The monoisotopic (exact) mass is 350 g/mol. The summed E-state index contributed by atoms with van der Waals surface area (Å²) < 4.78 is 0. The molecular weight excluding hydrogens is 328 g/mol. The molecule has 1 saturated heterocycles. The Morgan fingerprint density at radius 3 is 2.65 bits per heavy atom. The van der Waals surface area contributed by atoms with Crippen LogP contribution in [0.2, 0.25) is 0 Å². The van der Waals surface area contributed by atoms with Gasteiger partial charge in [0.2, 0.25) is 5.95 Å². The van der Waals surface area contributed by atoms with Gasteiger partial charge >= 0.3 is 0 Å². The second kappa shape index (κ2) is 6.40. The Kier molecular flexibility index (Phi) is 4.06. The highest BCUT2D eigenvalue weighted by molar-refractivity contribution is 5.98. The number of likely N-dealkylation sites (tertiary alicyclic amines) is 1. The number of nitrogens with two attached hydrogens (primary N) is 1. The number of piperidine rings is 1. The third-order valence-electron chi connectivity index (χ3n) is 5.08. The van der Waals surface area contributed by atoms with Crippen LogP contribution in [0.5, 0.6) is 0 Å². The molecule has 7 nitrogen and oxygen atoms in total. The number of nitrogens with one attached hydrogen (secondary N) is 1. The van der Waals surface area contributed by atoms with Crippen molar-refractivity contribution in [2.45, 2.75) is 32.6 Å². The van der Waals surface area contributed by atoms with Crippen LogP contribution in [0.25, 0.3) is 10.9 Å². The lowest BCUT2D eigenvalue weighted by molar-refractivity contribution is 0.0710. The lowest BCUT2D eigenvalue weighted by Crippen LogP contribution is -2.38. The van der Waals surface area contributed by atoms with Crippen LogP contribution in [0.15, 0.2) is 24.3 Å². The van der Waals surface area contributed by atoms with Crippen LogP contribution < -0.4 is 5.73 Å². The fourth-order valence-electron chi connectivity index (χ4n) is 3.61. The molecule has 3 aromatic rings. The average molecular weight is 350 g/mol. The first-order valence-electron chi connectivity index (χ1n) is 8.86. The van der Waals surface area contributed by atoms with Crippen molar-refractivity contribution >= 4 is 22.8 Å². The van der Waals surface area contributed by atoms with E-state index in [1.54, 1.807) is 0 Å². The molecule has 134 valence electrons. The van der Waals surface area contributed by atoms with E-state index in [1.807, 2.05) is 36.9 Å². The van der Waals surface area contributed by atoms with E-state index in [4.69, 9.17) is 5.73 Å². The zero-order valence-electron chi connectivity index (χ0n) is 15.0. The number of hydrogen-bond donors (Lipinski definition) is 2. The van der Waals surface area contributed by atoms with Crippen molar-refractivity contribution in [1.82, 2.24) is 25.1 Å². The minimum atomic E-state index is 0.0499. The van der Waals surface area contributed by atoms with E-state index in [0.717, 1.165) is 40.8 Å². The standard InChI is InChI=1S/C19H22N6O/c1-11-3-4-16-14(9-11)10-15(12(2)21-16)18(26)25-7-5-13(6-8-25)17-22-19(20)24-23-17/h3-4,9-10,13H,5-8H2,1-2H3,(H3,20,22,23,24). The Labute approximate surface area is 151 Å². The third-order valence-corrected chi connectivity index (χ3v) is 5.08. The van der Waals surface area contributed by atoms with Crippen molar-refractivity contribution in [2.75, 3.05) is 18.8 Å². The highest BCUT2D eigenvalue weighted by Gasteiger charge is 2.27. The Balaban J connectivity index is 1.53. The number of pyridine rings is 1. The number of H-pyrrole nitrogens is 1. The molecule has 0 aliphatic carbocycles. The van der Waals surface area contributed by atoms with Gasteiger partial charge in [0.05, 0.1) is 16.8 Å². The number of fused-ring (bicyclic) bond motifs is 1. The Bertz CT molecular complexity index is 971. The number of aromatic nitrogens is 4. The van der Waals surface area contributed by atoms with Gasteiger partial charge in [-0.15, -0.1) is 5.10 Å². The smallest absolute Gasteiger partial charge is 0.255 e. The molecule has 1 aromatic carbocycles. The van der Waals surface area contributed by atoms with E-state index < -0.39 is 0 Å². The van der Waals surface area contributed by atoms with Crippen molar-refractivity contribution in [1.29, 1.82) is 0 Å². The molecule has 1 amide bonds. The molecule has 3 N–H and O–H groups in total. The van der Waals surface area contributed by atoms with Crippen LogP contribution in [0.3, 0.4) is 0 Å². The molecule has 7 heteroatoms. The molecule has 1 fully saturated rings. The number of nitrogen functional groups attached to an aromatic ring is 1. The van der Waals surface area contributed by atoms with Crippen molar-refractivity contribution in [3.05, 3.63) is 46.9 Å². The predicted octanol–water partition coefficient (Wildman–Crippen LogP) is 2.57. The summed E-state index contributed by atoms with van der Waals surface area (Å²) in [4.78, 5) is 23.8. The van der Waals surface area contributed by atoms with Crippen LogP contribution in [0.4, 0.5) is 5.95 Å². The van der Waals surface area contributed by atoms with Gasteiger partial charge in [-0.1, -0.05) is 11.6 Å². The zero-order chi connectivity index (χ0) is 18.3. The van der Waals surface area contributed by atoms with E-state index in [2.05, 4.69) is 26.2 Å². The molecule has 3 heterocycles. The second-order valence-corrected chi connectivity index (χ2v) is 6.96. The van der Waals surface area contributed by atoms with E-state index in [-0.39, 0.29) is 17.8 Å². The van der Waals surface area contributed by atoms with Crippen LogP contribution in [0, 0.1) is 13.8 Å². The second-order valence-electron chi connectivity index (χ2n) is 6.96. The average Bonchev–Trinajstić information content (AvgIpc) is 3.07. The minimum absolute atomic E-state index is 0.0499. The van der Waals surface area contributed by atoms with Gasteiger partial charge in [0.15, 0.2) is 0 Å². The van der Waals surface area contributed by atoms with Crippen molar-refractivity contribution < 1.29 is 4.79 Å². The molecule has 0 spiro atoms. The molecule has 0 radical (unpaired) electrons. The van der Waals surface area contributed by atoms with Gasteiger partial charge in [-0.25, -0.2) is 0 Å². The SMILES string of the molecule is Cc1ccc2nc(C)c(C(=O)N3CCC(c4nc(N)n[nH]4)CC3)cc2c1. The van der Waals surface area contributed by atoms with E-state index in [9.17, 15) is 4.79 Å². The summed E-state index contributed by atoms with van der Waals surface area (Å²) in [6.07, 6.45) is 1.69. The molecule has 26 heavy (non-hydrogen) atoms. The van der Waals surface area contributed by atoms with Gasteiger partial charge in [0.1, 0.15) is 5.82 Å². The Morgan fingerprint density at radius 1 is 1.19 bits per heavy atom. The van der Waals surface area contributed by atoms with Crippen LogP contribution in [-0.2, 0) is 0 Å². The number of rotatable bonds is 2. The van der Waals surface area contributed by atoms with E-state index in [0.29, 0.717) is 18.7 Å². The molecule has 0 bridgehead atoms. The van der Waals surface area contributed by atoms with Crippen molar-refractivity contribution in [3.8, 4) is 0 Å². The first-order chi connectivity index (χ1) is 12.5. The maximum absolute atomic E-state index is 13.0. The largest absolute Gasteiger partial charge is 0.367 e. The summed E-state index contributed by atoms with van der Waals surface area (Å²) in [7, 11) is 0. The molecule has 1 aliphatic heterocycles. The highest BCUT2D eigenvalue weighted by atomic mass is 16.2. The third kappa shape index (κ3) is 3.00. The lowest BCUT2D eigenvalue weighted by Gasteiger charge is -2.31. The summed E-state index contributed by atoms with van der Waals surface area (Å²) in [5.41, 5.74) is 9.13. The van der Waals surface area contributed by atoms with Crippen molar-refractivity contribution in [2.24, 2.45) is 0 Å². The predicted molar refractivity (Wildman–Crippen MR) is 99.9 cm³/mol. The minimum Gasteiger partial charge on any atom is -0.367 e. The maximum Gasteiger partial charge on any atom is 0.255 e. The van der Waals surface area contributed by atoms with Gasteiger partial charge in [-0.05, 0) is 44.9 Å². The number of carbonyl (C=O) groups is 1. The normalized spacial score (nSPS) is 15.5. The summed E-state index contributed by atoms with van der Waals surface area (Å²) >= 11 is 0. The molecule has 2 aromatic heterocycles. The number of anilines is 1. The highest BCUT2D eigenvalue weighted by Crippen LogP contribution is 2.27. The van der Waals surface area contributed by atoms with Gasteiger partial charge in [-0.2, -0.15) is 4.98 Å². The molecular formula is C19H22N6O. The summed E-state index contributed by atoms with van der Waals surface area (Å²) in [6, 6.07) is 8.08. The number of amides is 1. The molecule has 0 unspecified atom stereocenters. The van der Waals surface area contributed by atoms with Gasteiger partial charge in [0, 0.05) is 24.4 Å². The topological polar surface area (TPSA) is 101 Å². The first kappa shape index (κ1) is 16.5. The number of benzene rings is 1. The molecule has 4 rings (SSSR count). The summed E-state index contributed by atoms with van der Waals surface area (Å²) in [5, 5.41) is 7.79. The van der Waals surface area contributed by atoms with E-state index in [1.165, 1.54) is 0 Å². The Morgan fingerprint density at radius 2 is 1.96 bits per heavy atom. The van der Waals surface area contributed by atoms with Gasteiger partial charge < -0.3 is 10.6 Å². The quantitative estimate of drug-likeness (QED) is 0.740. The Hall–Kier alpha value is -2.96. The lowest BCUT2D eigenvalue weighted by atomic mass is 9.95.